The number of rotatable bonds is 4. The second-order valence-corrected chi connectivity index (χ2v) is 7.86. The maximum absolute atomic E-state index is 12.7. The second-order valence-electron chi connectivity index (χ2n) is 6.76. The van der Waals surface area contributed by atoms with Crippen LogP contribution in [0, 0.1) is 5.92 Å². The molecule has 130 valence electrons. The lowest BCUT2D eigenvalue weighted by molar-refractivity contribution is -0.117. The number of carbonyl (C=O) groups excluding carboxylic acids is 2. The number of ether oxygens (including phenoxy) is 1. The van der Waals surface area contributed by atoms with E-state index in [2.05, 4.69) is 17.4 Å². The molecule has 4 nitrogen and oxygen atoms in total. The van der Waals surface area contributed by atoms with Crippen molar-refractivity contribution >= 4 is 28.2 Å². The summed E-state index contributed by atoms with van der Waals surface area (Å²) in [4.78, 5) is 26.2. The highest BCUT2D eigenvalue weighted by atomic mass is 32.1. The van der Waals surface area contributed by atoms with E-state index in [0.717, 1.165) is 37.7 Å². The van der Waals surface area contributed by atoms with Crippen LogP contribution in [0.15, 0.2) is 30.3 Å². The van der Waals surface area contributed by atoms with Gasteiger partial charge >= 0.3 is 5.97 Å². The maximum atomic E-state index is 12.7. The molecule has 1 saturated carbocycles. The van der Waals surface area contributed by atoms with Crippen LogP contribution in [-0.4, -0.2) is 19.0 Å². The smallest absolute Gasteiger partial charge is 0.341 e. The Morgan fingerprint density at radius 3 is 2.68 bits per heavy atom. The number of esters is 1. The molecular formula is C20H21NO3S. The molecule has 2 aliphatic carbocycles. The highest BCUT2D eigenvalue weighted by molar-refractivity contribution is 7.17. The largest absolute Gasteiger partial charge is 0.465 e. The number of aryl methyl sites for hydroxylation is 1. The van der Waals surface area contributed by atoms with Crippen molar-refractivity contribution in [3.8, 4) is 0 Å². The van der Waals surface area contributed by atoms with Gasteiger partial charge in [0.1, 0.15) is 5.00 Å². The Balaban J connectivity index is 1.54. The fourth-order valence-electron chi connectivity index (χ4n) is 3.73. The van der Waals surface area contributed by atoms with Crippen molar-refractivity contribution in [2.75, 3.05) is 12.4 Å². The van der Waals surface area contributed by atoms with Crippen LogP contribution in [0.25, 0.3) is 0 Å². The van der Waals surface area contributed by atoms with E-state index in [1.165, 1.54) is 17.6 Å². The van der Waals surface area contributed by atoms with Gasteiger partial charge in [0, 0.05) is 10.8 Å². The average molecular weight is 355 g/mol. The van der Waals surface area contributed by atoms with Gasteiger partial charge in [-0.1, -0.05) is 30.3 Å². The van der Waals surface area contributed by atoms with Crippen molar-refractivity contribution in [3.05, 3.63) is 51.9 Å². The van der Waals surface area contributed by atoms with E-state index in [0.29, 0.717) is 10.6 Å². The minimum Gasteiger partial charge on any atom is -0.465 e. The zero-order valence-electron chi connectivity index (χ0n) is 14.2. The first-order chi connectivity index (χ1) is 12.2. The van der Waals surface area contributed by atoms with E-state index < -0.39 is 0 Å². The van der Waals surface area contributed by atoms with Gasteiger partial charge in [0.15, 0.2) is 0 Å². The SMILES string of the molecule is COC(=O)c1c(NC(=O)[C@H]2C[C@@H]2c2ccccc2)sc2c1CCCC2. The molecule has 5 heteroatoms. The third-order valence-electron chi connectivity index (χ3n) is 5.15. The van der Waals surface area contributed by atoms with Gasteiger partial charge in [-0.2, -0.15) is 0 Å². The van der Waals surface area contributed by atoms with Gasteiger partial charge in [-0.3, -0.25) is 4.79 Å². The summed E-state index contributed by atoms with van der Waals surface area (Å²) >= 11 is 1.54. The van der Waals surface area contributed by atoms with Crippen LogP contribution < -0.4 is 5.32 Å². The molecule has 0 spiro atoms. The molecule has 1 aromatic heterocycles. The molecule has 25 heavy (non-hydrogen) atoms. The summed E-state index contributed by atoms with van der Waals surface area (Å²) in [6.45, 7) is 0. The van der Waals surface area contributed by atoms with Crippen LogP contribution in [0.3, 0.4) is 0 Å². The number of nitrogens with one attached hydrogen (secondary N) is 1. The van der Waals surface area contributed by atoms with Crippen LogP contribution in [0.4, 0.5) is 5.00 Å². The lowest BCUT2D eigenvalue weighted by atomic mass is 9.95. The van der Waals surface area contributed by atoms with Crippen LogP contribution in [0.5, 0.6) is 0 Å². The van der Waals surface area contributed by atoms with E-state index in [1.54, 1.807) is 11.3 Å². The maximum Gasteiger partial charge on any atom is 0.341 e. The lowest BCUT2D eigenvalue weighted by Gasteiger charge is -2.11. The second kappa shape index (κ2) is 6.64. The van der Waals surface area contributed by atoms with E-state index in [4.69, 9.17) is 4.74 Å². The number of carbonyl (C=O) groups is 2. The molecule has 1 heterocycles. The normalized spacial score (nSPS) is 21.3. The number of anilines is 1. The number of fused-ring (bicyclic) bond motifs is 1. The van der Waals surface area contributed by atoms with Gasteiger partial charge in [-0.05, 0) is 49.1 Å². The van der Waals surface area contributed by atoms with E-state index in [1.807, 2.05) is 18.2 Å². The highest BCUT2D eigenvalue weighted by Crippen LogP contribution is 2.48. The molecule has 2 atom stereocenters. The van der Waals surface area contributed by atoms with Gasteiger partial charge in [0.05, 0.1) is 12.7 Å². The molecule has 0 radical (unpaired) electrons. The Labute approximate surface area is 151 Å². The molecule has 0 unspecified atom stereocenters. The first-order valence-electron chi connectivity index (χ1n) is 8.77. The van der Waals surface area contributed by atoms with Gasteiger partial charge in [-0.15, -0.1) is 11.3 Å². The third kappa shape index (κ3) is 3.09. The first-order valence-corrected chi connectivity index (χ1v) is 9.59. The van der Waals surface area contributed by atoms with Crippen LogP contribution in [0.2, 0.25) is 0 Å². The Bertz CT molecular complexity index is 812. The summed E-state index contributed by atoms with van der Waals surface area (Å²) in [5, 5.41) is 3.69. The molecule has 0 bridgehead atoms. The molecule has 1 amide bonds. The molecule has 0 aliphatic heterocycles. The number of methoxy groups -OCH3 is 1. The van der Waals surface area contributed by atoms with Gasteiger partial charge in [0.25, 0.3) is 0 Å². The third-order valence-corrected chi connectivity index (χ3v) is 6.36. The number of hydrogen-bond donors (Lipinski definition) is 1. The molecule has 2 aliphatic rings. The Hall–Kier alpha value is -2.14. The van der Waals surface area contributed by atoms with E-state index in [-0.39, 0.29) is 23.7 Å². The van der Waals surface area contributed by atoms with Gasteiger partial charge in [0.2, 0.25) is 5.91 Å². The summed E-state index contributed by atoms with van der Waals surface area (Å²) in [6, 6.07) is 10.1. The summed E-state index contributed by atoms with van der Waals surface area (Å²) in [5.74, 6) is -0.0490. The molecule has 1 aromatic carbocycles. The van der Waals surface area contributed by atoms with E-state index in [9.17, 15) is 9.59 Å². The molecule has 2 aromatic rings. The van der Waals surface area contributed by atoms with Gasteiger partial charge < -0.3 is 10.1 Å². The lowest BCUT2D eigenvalue weighted by Crippen LogP contribution is -2.17. The summed E-state index contributed by atoms with van der Waals surface area (Å²) in [7, 11) is 1.40. The molecule has 1 N–H and O–H groups in total. The standard InChI is InChI=1S/C20H21NO3S/c1-24-20(23)17-13-9-5-6-10-16(13)25-19(17)21-18(22)15-11-14(15)12-7-3-2-4-8-12/h2-4,7-8,14-15H,5-6,9-11H2,1H3,(H,21,22)/t14-,15+/m1/s1. The number of amides is 1. The average Bonchev–Trinajstić information content (AvgIpc) is 3.37. The summed E-state index contributed by atoms with van der Waals surface area (Å²) < 4.78 is 4.97. The molecular weight excluding hydrogens is 334 g/mol. The minimum atomic E-state index is -0.342. The van der Waals surface area contributed by atoms with Crippen molar-refractivity contribution in [1.29, 1.82) is 0 Å². The van der Waals surface area contributed by atoms with Crippen molar-refractivity contribution in [1.82, 2.24) is 0 Å². The summed E-state index contributed by atoms with van der Waals surface area (Å²) in [6.07, 6.45) is 4.96. The predicted molar refractivity (Wildman–Crippen MR) is 98.2 cm³/mol. The number of hydrogen-bond acceptors (Lipinski definition) is 4. The molecule has 0 saturated heterocycles. The Morgan fingerprint density at radius 2 is 1.92 bits per heavy atom. The summed E-state index contributed by atoms with van der Waals surface area (Å²) in [5.41, 5.74) is 2.86. The van der Waals surface area contributed by atoms with Crippen molar-refractivity contribution in [2.24, 2.45) is 5.92 Å². The zero-order chi connectivity index (χ0) is 17.4. The molecule has 4 rings (SSSR count). The Morgan fingerprint density at radius 1 is 1.16 bits per heavy atom. The van der Waals surface area contributed by atoms with Gasteiger partial charge in [-0.25, -0.2) is 4.79 Å². The van der Waals surface area contributed by atoms with Crippen molar-refractivity contribution in [2.45, 2.75) is 38.0 Å². The fourth-order valence-corrected chi connectivity index (χ4v) is 5.01. The first kappa shape index (κ1) is 16.3. The monoisotopic (exact) mass is 355 g/mol. The topological polar surface area (TPSA) is 55.4 Å². The van der Waals surface area contributed by atoms with Crippen molar-refractivity contribution in [3.63, 3.8) is 0 Å². The quantitative estimate of drug-likeness (QED) is 0.838. The van der Waals surface area contributed by atoms with E-state index >= 15 is 0 Å². The molecule has 1 fully saturated rings. The number of benzene rings is 1. The minimum absolute atomic E-state index is 0.00738. The highest BCUT2D eigenvalue weighted by Gasteiger charge is 2.44. The predicted octanol–water partition coefficient (Wildman–Crippen LogP) is 4.16. The van der Waals surface area contributed by atoms with Crippen LogP contribution >= 0.6 is 11.3 Å². The van der Waals surface area contributed by atoms with Crippen LogP contribution in [0.1, 0.15) is 51.5 Å². The fraction of sp³-hybridized carbons (Fsp3) is 0.400. The zero-order valence-corrected chi connectivity index (χ0v) is 15.0. The Kier molecular flexibility index (Phi) is 4.34. The van der Waals surface area contributed by atoms with Crippen LogP contribution in [-0.2, 0) is 22.4 Å². The number of thiophene rings is 1. The van der Waals surface area contributed by atoms with Crippen molar-refractivity contribution < 1.29 is 14.3 Å².